The minimum absolute atomic E-state index is 0.00402. The molecular formula is C13H14ClN5O2. The first-order valence-electron chi connectivity index (χ1n) is 6.67. The molecule has 1 saturated carbocycles. The minimum atomic E-state index is -0.437. The Kier molecular flexibility index (Phi) is 3.85. The topological polar surface area (TPSA) is 85.9 Å². The molecule has 3 rings (SSSR count). The first-order chi connectivity index (χ1) is 10.1. The average molecular weight is 308 g/mol. The van der Waals surface area contributed by atoms with Gasteiger partial charge in [0.2, 0.25) is 0 Å². The fourth-order valence-corrected chi connectivity index (χ4v) is 2.30. The summed E-state index contributed by atoms with van der Waals surface area (Å²) in [5.41, 5.74) is 1.25. The van der Waals surface area contributed by atoms with E-state index in [4.69, 9.17) is 11.6 Å². The summed E-state index contributed by atoms with van der Waals surface area (Å²) in [6, 6.07) is 5.24. The van der Waals surface area contributed by atoms with Crippen molar-refractivity contribution in [2.75, 3.05) is 0 Å². The van der Waals surface area contributed by atoms with Crippen molar-refractivity contribution in [3.05, 3.63) is 50.8 Å². The molecular weight excluding hydrogens is 294 g/mol. The quantitative estimate of drug-likeness (QED) is 0.652. The Morgan fingerprint density at radius 1 is 1.48 bits per heavy atom. The van der Waals surface area contributed by atoms with Crippen LogP contribution in [-0.2, 0) is 13.1 Å². The van der Waals surface area contributed by atoms with Crippen molar-refractivity contribution in [1.82, 2.24) is 20.3 Å². The zero-order valence-electron chi connectivity index (χ0n) is 11.2. The van der Waals surface area contributed by atoms with E-state index in [0.29, 0.717) is 23.2 Å². The molecule has 1 aromatic carbocycles. The lowest BCUT2D eigenvalue weighted by Gasteiger charge is -2.04. The Labute approximate surface area is 126 Å². The van der Waals surface area contributed by atoms with E-state index in [9.17, 15) is 10.1 Å². The number of rotatable bonds is 6. The number of hydrogen-bond donors (Lipinski definition) is 1. The van der Waals surface area contributed by atoms with Crippen molar-refractivity contribution < 1.29 is 4.92 Å². The predicted molar refractivity (Wildman–Crippen MR) is 77.1 cm³/mol. The summed E-state index contributed by atoms with van der Waals surface area (Å²) in [6.07, 6.45) is 4.20. The second-order valence-electron chi connectivity index (χ2n) is 5.06. The molecule has 7 nitrogen and oxygen atoms in total. The van der Waals surface area contributed by atoms with Gasteiger partial charge in [0.25, 0.3) is 5.69 Å². The van der Waals surface area contributed by atoms with Gasteiger partial charge in [-0.15, -0.1) is 5.10 Å². The van der Waals surface area contributed by atoms with Crippen LogP contribution in [0.2, 0.25) is 5.02 Å². The van der Waals surface area contributed by atoms with Gasteiger partial charge in [-0.1, -0.05) is 22.9 Å². The number of nitrogens with one attached hydrogen (secondary N) is 1. The van der Waals surface area contributed by atoms with Crippen LogP contribution in [0.4, 0.5) is 5.69 Å². The Hall–Kier alpha value is -1.99. The maximum Gasteiger partial charge on any atom is 0.275 e. The number of halogens is 1. The third kappa shape index (κ3) is 3.37. The van der Waals surface area contributed by atoms with Crippen LogP contribution in [0.25, 0.3) is 0 Å². The Balaban J connectivity index is 1.75. The minimum Gasteiger partial charge on any atom is -0.308 e. The van der Waals surface area contributed by atoms with Crippen LogP contribution in [0, 0.1) is 10.1 Å². The molecule has 0 amide bonds. The molecule has 0 radical (unpaired) electrons. The third-order valence-electron chi connectivity index (χ3n) is 3.35. The highest BCUT2D eigenvalue weighted by Crippen LogP contribution is 2.26. The van der Waals surface area contributed by atoms with E-state index >= 15 is 0 Å². The van der Waals surface area contributed by atoms with Crippen LogP contribution in [0.3, 0.4) is 0 Å². The molecule has 0 spiro atoms. The summed E-state index contributed by atoms with van der Waals surface area (Å²) >= 11 is 6.06. The van der Waals surface area contributed by atoms with E-state index in [0.717, 1.165) is 5.69 Å². The number of hydrogen-bond acceptors (Lipinski definition) is 5. The Morgan fingerprint density at radius 2 is 2.29 bits per heavy atom. The molecule has 1 aromatic heterocycles. The van der Waals surface area contributed by atoms with Crippen molar-refractivity contribution >= 4 is 17.3 Å². The Bertz CT molecular complexity index is 668. The van der Waals surface area contributed by atoms with E-state index in [-0.39, 0.29) is 12.2 Å². The zero-order chi connectivity index (χ0) is 14.8. The molecule has 1 fully saturated rings. The molecule has 0 atom stereocenters. The average Bonchev–Trinajstić information content (AvgIpc) is 3.18. The summed E-state index contributed by atoms with van der Waals surface area (Å²) in [5.74, 6) is 0. The lowest BCUT2D eigenvalue weighted by atomic mass is 10.2. The lowest BCUT2D eigenvalue weighted by molar-refractivity contribution is -0.385. The monoisotopic (exact) mass is 307 g/mol. The standard InChI is InChI=1S/C13H14ClN5O2/c14-12-2-1-3-13(19(20)21)11(12)8-18-7-10(16-17-18)6-15-9-4-5-9/h1-3,7,9,15H,4-6,8H2. The number of nitrogens with zero attached hydrogens (tertiary/aromatic N) is 4. The molecule has 0 bridgehead atoms. The van der Waals surface area contributed by atoms with E-state index in [1.54, 1.807) is 23.0 Å². The lowest BCUT2D eigenvalue weighted by Crippen LogP contribution is -2.15. The van der Waals surface area contributed by atoms with Crippen molar-refractivity contribution in [1.29, 1.82) is 0 Å². The molecule has 1 N–H and O–H groups in total. The highest BCUT2D eigenvalue weighted by atomic mass is 35.5. The number of benzene rings is 1. The number of nitro groups is 1. The van der Waals surface area contributed by atoms with Crippen molar-refractivity contribution in [3.63, 3.8) is 0 Å². The molecule has 8 heteroatoms. The van der Waals surface area contributed by atoms with Crippen LogP contribution in [0.15, 0.2) is 24.4 Å². The highest BCUT2D eigenvalue weighted by Gasteiger charge is 2.21. The second kappa shape index (κ2) is 5.79. The van der Waals surface area contributed by atoms with Crippen molar-refractivity contribution in [2.24, 2.45) is 0 Å². The van der Waals surface area contributed by atoms with Gasteiger partial charge in [-0.2, -0.15) is 0 Å². The van der Waals surface area contributed by atoms with E-state index < -0.39 is 4.92 Å². The fraction of sp³-hybridized carbons (Fsp3) is 0.385. The summed E-state index contributed by atoms with van der Waals surface area (Å²) in [7, 11) is 0. The second-order valence-corrected chi connectivity index (χ2v) is 5.46. The summed E-state index contributed by atoms with van der Waals surface area (Å²) in [6.45, 7) is 0.891. The normalized spacial score (nSPS) is 14.3. The molecule has 1 aliphatic rings. The largest absolute Gasteiger partial charge is 0.308 e. The van der Waals surface area contributed by atoms with Crippen molar-refractivity contribution in [3.8, 4) is 0 Å². The molecule has 1 heterocycles. The highest BCUT2D eigenvalue weighted by molar-refractivity contribution is 6.31. The van der Waals surface area contributed by atoms with Crippen molar-refractivity contribution in [2.45, 2.75) is 32.0 Å². The van der Waals surface area contributed by atoms with Gasteiger partial charge in [0.15, 0.2) is 0 Å². The van der Waals surface area contributed by atoms with Gasteiger partial charge in [0, 0.05) is 18.7 Å². The number of aromatic nitrogens is 3. The van der Waals surface area contributed by atoms with Gasteiger partial charge >= 0.3 is 0 Å². The fourth-order valence-electron chi connectivity index (χ4n) is 2.07. The molecule has 110 valence electrons. The first kappa shape index (κ1) is 14.0. The third-order valence-corrected chi connectivity index (χ3v) is 3.70. The van der Waals surface area contributed by atoms with Gasteiger partial charge in [-0.25, -0.2) is 4.68 Å². The zero-order valence-corrected chi connectivity index (χ0v) is 12.0. The van der Waals surface area contributed by atoms with Crippen LogP contribution in [0.1, 0.15) is 24.1 Å². The van der Waals surface area contributed by atoms with Gasteiger partial charge in [0.1, 0.15) is 0 Å². The first-order valence-corrected chi connectivity index (χ1v) is 7.05. The van der Waals surface area contributed by atoms with Crippen LogP contribution in [0.5, 0.6) is 0 Å². The van der Waals surface area contributed by atoms with E-state index in [2.05, 4.69) is 15.6 Å². The van der Waals surface area contributed by atoms with Crippen LogP contribution in [-0.4, -0.2) is 26.0 Å². The van der Waals surface area contributed by atoms with E-state index in [1.807, 2.05) is 0 Å². The maximum absolute atomic E-state index is 11.0. The van der Waals surface area contributed by atoms with Gasteiger partial charge < -0.3 is 5.32 Å². The molecule has 1 aliphatic carbocycles. The molecule has 0 saturated heterocycles. The molecule has 0 aliphatic heterocycles. The molecule has 21 heavy (non-hydrogen) atoms. The molecule has 0 unspecified atom stereocenters. The van der Waals surface area contributed by atoms with E-state index in [1.165, 1.54) is 18.9 Å². The summed E-state index contributed by atoms with van der Waals surface area (Å²) in [5, 5.41) is 22.8. The Morgan fingerprint density at radius 3 is 3.00 bits per heavy atom. The predicted octanol–water partition coefficient (Wildman–Crippen LogP) is 2.14. The van der Waals surface area contributed by atoms with Crippen LogP contribution < -0.4 is 5.32 Å². The maximum atomic E-state index is 11.0. The van der Waals surface area contributed by atoms with Crippen LogP contribution >= 0.6 is 11.6 Å². The van der Waals surface area contributed by atoms with Gasteiger partial charge in [-0.05, 0) is 18.9 Å². The summed E-state index contributed by atoms with van der Waals surface area (Å²) < 4.78 is 1.57. The SMILES string of the molecule is O=[N+]([O-])c1cccc(Cl)c1Cn1cc(CNC2CC2)nn1. The van der Waals surface area contributed by atoms with Gasteiger partial charge in [-0.3, -0.25) is 10.1 Å². The summed E-state index contributed by atoms with van der Waals surface area (Å²) in [4.78, 5) is 10.6. The van der Waals surface area contributed by atoms with Gasteiger partial charge in [0.05, 0.1) is 33.9 Å². The molecule has 2 aromatic rings. The number of nitro benzene ring substituents is 1. The smallest absolute Gasteiger partial charge is 0.275 e.